The number of halogens is 1. The Bertz CT molecular complexity index is 370. The van der Waals surface area contributed by atoms with E-state index in [1.165, 1.54) is 7.11 Å². The second kappa shape index (κ2) is 4.82. The minimum Gasteiger partial charge on any atom is -0.388 e. The predicted octanol–water partition coefficient (Wildman–Crippen LogP) is -0.595. The third-order valence-corrected chi connectivity index (χ3v) is 2.61. The van der Waals surface area contributed by atoms with Crippen LogP contribution in [0.15, 0.2) is 21.4 Å². The first-order valence-corrected chi connectivity index (χ1v) is 5.31. The normalized spacial score (nSPS) is 24.8. The molecule has 2 rings (SSSR count). The molecule has 0 saturated carbocycles. The lowest BCUT2D eigenvalue weighted by atomic mass is 10.2. The zero-order valence-electron chi connectivity index (χ0n) is 8.83. The maximum absolute atomic E-state index is 8.97. The topological polar surface area (TPSA) is 78.2 Å². The minimum absolute atomic E-state index is 0.250. The number of rotatable bonds is 2. The molecule has 1 fully saturated rings. The Morgan fingerprint density at radius 2 is 2.19 bits per heavy atom. The molecule has 1 saturated heterocycles. The van der Waals surface area contributed by atoms with Crippen LogP contribution in [-0.4, -0.2) is 49.1 Å². The van der Waals surface area contributed by atoms with Gasteiger partial charge in [-0.3, -0.25) is 0 Å². The standard InChI is InChI=1S/C9H13ClN4O2/c1-16-9-6(8-11-2-3-12-8)7(10)13-5(4-15)14-9/h9,11-12,15H,2-4H2,1H3. The van der Waals surface area contributed by atoms with E-state index < -0.39 is 6.23 Å². The third kappa shape index (κ3) is 2.04. The number of amidine groups is 1. The molecule has 1 unspecified atom stereocenters. The van der Waals surface area contributed by atoms with Crippen LogP contribution in [0, 0.1) is 0 Å². The van der Waals surface area contributed by atoms with Gasteiger partial charge in [0.25, 0.3) is 0 Å². The molecule has 7 heteroatoms. The first-order valence-electron chi connectivity index (χ1n) is 4.93. The molecule has 0 aliphatic carbocycles. The second-order valence-electron chi connectivity index (χ2n) is 3.34. The van der Waals surface area contributed by atoms with Crippen LogP contribution in [0.3, 0.4) is 0 Å². The maximum atomic E-state index is 8.97. The number of nitrogens with one attached hydrogen (secondary N) is 2. The van der Waals surface area contributed by atoms with Gasteiger partial charge >= 0.3 is 0 Å². The number of aliphatic imine (C=N–C) groups is 2. The highest BCUT2D eigenvalue weighted by Gasteiger charge is 2.27. The maximum Gasteiger partial charge on any atom is 0.182 e. The summed E-state index contributed by atoms with van der Waals surface area (Å²) < 4.78 is 5.22. The summed E-state index contributed by atoms with van der Waals surface area (Å²) in [7, 11) is 1.54. The lowest BCUT2D eigenvalue weighted by Crippen LogP contribution is -2.29. The van der Waals surface area contributed by atoms with E-state index in [0.29, 0.717) is 10.7 Å². The molecule has 3 N–H and O–H groups in total. The van der Waals surface area contributed by atoms with Gasteiger partial charge in [-0.2, -0.15) is 0 Å². The van der Waals surface area contributed by atoms with E-state index in [0.717, 1.165) is 18.9 Å². The van der Waals surface area contributed by atoms with E-state index in [9.17, 15) is 0 Å². The van der Waals surface area contributed by atoms with Crippen LogP contribution in [0.25, 0.3) is 0 Å². The Morgan fingerprint density at radius 1 is 1.50 bits per heavy atom. The molecule has 0 aromatic rings. The summed E-state index contributed by atoms with van der Waals surface area (Å²) in [6, 6.07) is 0. The van der Waals surface area contributed by atoms with Crippen LogP contribution in [0.4, 0.5) is 0 Å². The molecule has 2 heterocycles. The third-order valence-electron chi connectivity index (χ3n) is 2.33. The van der Waals surface area contributed by atoms with Crippen LogP contribution < -0.4 is 10.6 Å². The van der Waals surface area contributed by atoms with Crippen LogP contribution in [0.1, 0.15) is 0 Å². The van der Waals surface area contributed by atoms with E-state index >= 15 is 0 Å². The summed E-state index contributed by atoms with van der Waals surface area (Å²) in [6.07, 6.45) is -0.528. The van der Waals surface area contributed by atoms with Crippen molar-refractivity contribution >= 4 is 22.6 Å². The van der Waals surface area contributed by atoms with Crippen LogP contribution >= 0.6 is 11.6 Å². The quantitative estimate of drug-likeness (QED) is 0.607. The molecule has 2 aliphatic rings. The lowest BCUT2D eigenvalue weighted by molar-refractivity contribution is 0.141. The fourth-order valence-corrected chi connectivity index (χ4v) is 1.89. The molecular weight excluding hydrogens is 232 g/mol. The fourth-order valence-electron chi connectivity index (χ4n) is 1.61. The number of aliphatic hydroxyl groups is 1. The summed E-state index contributed by atoms with van der Waals surface area (Å²) in [5.74, 6) is 1.07. The molecule has 16 heavy (non-hydrogen) atoms. The molecule has 88 valence electrons. The number of ether oxygens (including phenoxy) is 1. The summed E-state index contributed by atoms with van der Waals surface area (Å²) in [5.41, 5.74) is 0.680. The fraction of sp³-hybridized carbons (Fsp3) is 0.556. The van der Waals surface area contributed by atoms with Gasteiger partial charge in [0.1, 0.15) is 17.6 Å². The zero-order chi connectivity index (χ0) is 11.5. The van der Waals surface area contributed by atoms with Gasteiger partial charge < -0.3 is 20.5 Å². The van der Waals surface area contributed by atoms with Crippen molar-refractivity contribution in [2.45, 2.75) is 6.23 Å². The lowest BCUT2D eigenvalue weighted by Gasteiger charge is -2.21. The summed E-state index contributed by atoms with van der Waals surface area (Å²) >= 11 is 6.05. The molecule has 0 bridgehead atoms. The molecule has 0 amide bonds. The van der Waals surface area contributed by atoms with Crippen molar-refractivity contribution in [3.8, 4) is 0 Å². The SMILES string of the molecule is COC1N=C(CO)N=C(Cl)C1=C1NCCN1. The molecule has 0 spiro atoms. The molecule has 0 radical (unpaired) electrons. The van der Waals surface area contributed by atoms with Crippen molar-refractivity contribution in [2.75, 3.05) is 26.8 Å². The van der Waals surface area contributed by atoms with Gasteiger partial charge in [0, 0.05) is 20.2 Å². The van der Waals surface area contributed by atoms with Crippen molar-refractivity contribution in [2.24, 2.45) is 9.98 Å². The number of nitrogens with zero attached hydrogens (tertiary/aromatic N) is 2. The van der Waals surface area contributed by atoms with E-state index in [1.807, 2.05) is 0 Å². The highest BCUT2D eigenvalue weighted by atomic mass is 35.5. The van der Waals surface area contributed by atoms with Crippen molar-refractivity contribution in [1.29, 1.82) is 0 Å². The van der Waals surface area contributed by atoms with Crippen LogP contribution in [-0.2, 0) is 4.74 Å². The van der Waals surface area contributed by atoms with E-state index in [-0.39, 0.29) is 12.4 Å². The first-order chi connectivity index (χ1) is 7.76. The number of aliphatic hydroxyl groups excluding tert-OH is 1. The highest BCUT2D eigenvalue weighted by molar-refractivity contribution is 6.70. The van der Waals surface area contributed by atoms with E-state index in [2.05, 4.69) is 20.6 Å². The summed E-state index contributed by atoms with van der Waals surface area (Å²) in [6.45, 7) is 1.41. The first kappa shape index (κ1) is 11.4. The Balaban J connectivity index is 2.36. The van der Waals surface area contributed by atoms with Crippen LogP contribution in [0.5, 0.6) is 0 Å². The molecule has 0 aromatic carbocycles. The molecule has 0 aromatic heterocycles. The average molecular weight is 245 g/mol. The number of hydrogen-bond donors (Lipinski definition) is 3. The Morgan fingerprint density at radius 3 is 2.75 bits per heavy atom. The molecule has 1 atom stereocenters. The summed E-state index contributed by atoms with van der Waals surface area (Å²) in [4.78, 5) is 8.12. The Kier molecular flexibility index (Phi) is 3.42. The van der Waals surface area contributed by atoms with Gasteiger partial charge in [-0.15, -0.1) is 0 Å². The summed E-state index contributed by atoms with van der Waals surface area (Å²) in [5, 5.41) is 15.6. The van der Waals surface area contributed by atoms with Crippen molar-refractivity contribution in [1.82, 2.24) is 10.6 Å². The second-order valence-corrected chi connectivity index (χ2v) is 3.69. The monoisotopic (exact) mass is 244 g/mol. The zero-order valence-corrected chi connectivity index (χ0v) is 9.58. The number of hydrogen-bond acceptors (Lipinski definition) is 6. The van der Waals surface area contributed by atoms with Gasteiger partial charge in [0.15, 0.2) is 12.1 Å². The van der Waals surface area contributed by atoms with E-state index in [1.54, 1.807) is 0 Å². The van der Waals surface area contributed by atoms with Crippen molar-refractivity contribution in [3.05, 3.63) is 11.4 Å². The Labute approximate surface area is 98.1 Å². The van der Waals surface area contributed by atoms with Gasteiger partial charge in [-0.05, 0) is 0 Å². The highest BCUT2D eigenvalue weighted by Crippen LogP contribution is 2.20. The molecule has 2 aliphatic heterocycles. The largest absolute Gasteiger partial charge is 0.388 e. The van der Waals surface area contributed by atoms with Crippen molar-refractivity contribution in [3.63, 3.8) is 0 Å². The van der Waals surface area contributed by atoms with Gasteiger partial charge in [-0.1, -0.05) is 11.6 Å². The molecule has 6 nitrogen and oxygen atoms in total. The van der Waals surface area contributed by atoms with Crippen molar-refractivity contribution < 1.29 is 9.84 Å². The average Bonchev–Trinajstić information content (AvgIpc) is 2.81. The van der Waals surface area contributed by atoms with Gasteiger partial charge in [0.05, 0.1) is 5.57 Å². The van der Waals surface area contributed by atoms with Gasteiger partial charge in [0.2, 0.25) is 0 Å². The smallest absolute Gasteiger partial charge is 0.182 e. The van der Waals surface area contributed by atoms with Crippen LogP contribution in [0.2, 0.25) is 0 Å². The Hall–Kier alpha value is -1.11. The number of methoxy groups -OCH3 is 1. The van der Waals surface area contributed by atoms with E-state index in [4.69, 9.17) is 21.4 Å². The molecular formula is C9H13ClN4O2. The minimum atomic E-state index is -0.528. The van der Waals surface area contributed by atoms with Gasteiger partial charge in [-0.25, -0.2) is 9.98 Å². The predicted molar refractivity (Wildman–Crippen MR) is 61.6 cm³/mol.